The number of hydrogen-bond acceptors (Lipinski definition) is 4. The topological polar surface area (TPSA) is 80.0 Å². The van der Waals surface area contributed by atoms with Crippen LogP contribution in [-0.2, 0) is 17.6 Å². The van der Waals surface area contributed by atoms with Gasteiger partial charge in [-0.1, -0.05) is 35.5 Å². The number of hydrazine groups is 1. The minimum Gasteiger partial charge on any atom is -0.391 e. The van der Waals surface area contributed by atoms with E-state index in [2.05, 4.69) is 10.5 Å². The van der Waals surface area contributed by atoms with Crippen LogP contribution in [0.3, 0.4) is 0 Å². The van der Waals surface area contributed by atoms with Crippen LogP contribution in [0.4, 0.5) is 23.7 Å². The molecule has 2 rings (SSSR count). The molecule has 2 aromatic carbocycles. The van der Waals surface area contributed by atoms with Crippen molar-refractivity contribution in [1.29, 1.82) is 0 Å². The smallest absolute Gasteiger partial charge is 0.391 e. The molecule has 9 heteroatoms. The van der Waals surface area contributed by atoms with Gasteiger partial charge in [0.25, 0.3) is 0 Å². The first kappa shape index (κ1) is 20.2. The maximum Gasteiger partial charge on any atom is 0.416 e. The Kier molecular flexibility index (Phi) is 6.40. The van der Waals surface area contributed by atoms with E-state index in [0.717, 1.165) is 17.1 Å². The lowest BCUT2D eigenvalue weighted by Gasteiger charge is -2.14. The van der Waals surface area contributed by atoms with Crippen LogP contribution in [-0.4, -0.2) is 23.8 Å². The molecule has 144 valence electrons. The molecule has 0 aliphatic heterocycles. The second-order valence-electron chi connectivity index (χ2n) is 5.73. The number of alkyl halides is 3. The van der Waals surface area contributed by atoms with E-state index in [1.165, 1.54) is 19.2 Å². The van der Waals surface area contributed by atoms with E-state index < -0.39 is 17.8 Å². The van der Waals surface area contributed by atoms with Crippen molar-refractivity contribution in [1.82, 2.24) is 5.01 Å². The van der Waals surface area contributed by atoms with Gasteiger partial charge in [0.1, 0.15) is 6.61 Å². The Balaban J connectivity index is 2.08. The highest BCUT2D eigenvalue weighted by Crippen LogP contribution is 2.29. The van der Waals surface area contributed by atoms with Crippen LogP contribution in [0.15, 0.2) is 53.7 Å². The third-order valence-corrected chi connectivity index (χ3v) is 3.61. The Morgan fingerprint density at radius 1 is 1.22 bits per heavy atom. The highest BCUT2D eigenvalue weighted by molar-refractivity contribution is 5.98. The predicted octanol–water partition coefficient (Wildman–Crippen LogP) is 3.98. The standard InChI is InChI=1S/C18H19F3N4O2/c1-12(13-7-5-8-15(10-13)18(19,20)21)24-27-11-14-6-3-4-9-16(14)23-17(26)25(2)22/h3-10H,11,22H2,1-2H3,(H,23,26). The highest BCUT2D eigenvalue weighted by atomic mass is 19.4. The van der Waals surface area contributed by atoms with Gasteiger partial charge >= 0.3 is 12.2 Å². The van der Waals surface area contributed by atoms with Crippen LogP contribution >= 0.6 is 0 Å². The largest absolute Gasteiger partial charge is 0.416 e. The summed E-state index contributed by atoms with van der Waals surface area (Å²) >= 11 is 0. The Bertz CT molecular complexity index is 835. The fourth-order valence-electron chi connectivity index (χ4n) is 2.14. The summed E-state index contributed by atoms with van der Waals surface area (Å²) in [5.41, 5.74) is 0.967. The first-order valence-electron chi connectivity index (χ1n) is 7.90. The maximum absolute atomic E-state index is 12.8. The molecule has 0 saturated carbocycles. The van der Waals surface area contributed by atoms with E-state index in [-0.39, 0.29) is 6.61 Å². The number of anilines is 1. The van der Waals surface area contributed by atoms with Crippen molar-refractivity contribution in [2.75, 3.05) is 12.4 Å². The van der Waals surface area contributed by atoms with E-state index >= 15 is 0 Å². The highest BCUT2D eigenvalue weighted by Gasteiger charge is 2.30. The molecular weight excluding hydrogens is 361 g/mol. The van der Waals surface area contributed by atoms with Gasteiger partial charge in [0, 0.05) is 18.3 Å². The third kappa shape index (κ3) is 5.71. The molecule has 0 aliphatic rings. The second kappa shape index (κ2) is 8.54. The monoisotopic (exact) mass is 380 g/mol. The lowest BCUT2D eigenvalue weighted by atomic mass is 10.1. The molecule has 0 bridgehead atoms. The summed E-state index contributed by atoms with van der Waals surface area (Å²) in [7, 11) is 1.40. The summed E-state index contributed by atoms with van der Waals surface area (Å²) in [5, 5.41) is 7.38. The number of urea groups is 1. The number of nitrogens with one attached hydrogen (secondary N) is 1. The Labute approximate surface area is 154 Å². The number of nitrogens with zero attached hydrogens (tertiary/aromatic N) is 2. The Morgan fingerprint density at radius 3 is 2.59 bits per heavy atom. The van der Waals surface area contributed by atoms with Gasteiger partial charge in [0.15, 0.2) is 0 Å². The van der Waals surface area contributed by atoms with Crippen LogP contribution in [0, 0.1) is 0 Å². The number of carbonyl (C=O) groups is 1. The first-order valence-corrected chi connectivity index (χ1v) is 7.90. The summed E-state index contributed by atoms with van der Waals surface area (Å²) < 4.78 is 38.4. The maximum atomic E-state index is 12.8. The van der Waals surface area contributed by atoms with Crippen LogP contribution in [0.5, 0.6) is 0 Å². The zero-order valence-electron chi connectivity index (χ0n) is 14.7. The Hall–Kier alpha value is -3.07. The summed E-state index contributed by atoms with van der Waals surface area (Å²) in [4.78, 5) is 16.9. The van der Waals surface area contributed by atoms with E-state index in [9.17, 15) is 18.0 Å². The van der Waals surface area contributed by atoms with Crippen molar-refractivity contribution in [3.05, 3.63) is 65.2 Å². The molecule has 0 unspecified atom stereocenters. The van der Waals surface area contributed by atoms with Gasteiger partial charge in [-0.2, -0.15) is 13.2 Å². The normalized spacial score (nSPS) is 11.9. The van der Waals surface area contributed by atoms with E-state index in [1.54, 1.807) is 31.2 Å². The van der Waals surface area contributed by atoms with Gasteiger partial charge < -0.3 is 10.2 Å². The van der Waals surface area contributed by atoms with Crippen molar-refractivity contribution in [3.8, 4) is 0 Å². The number of carbonyl (C=O) groups excluding carboxylic acids is 1. The van der Waals surface area contributed by atoms with Gasteiger partial charge in [0.2, 0.25) is 0 Å². The zero-order valence-corrected chi connectivity index (χ0v) is 14.7. The van der Waals surface area contributed by atoms with Gasteiger partial charge in [-0.3, -0.25) is 5.01 Å². The molecule has 0 spiro atoms. The number of nitrogens with two attached hydrogens (primary N) is 1. The minimum atomic E-state index is -4.43. The quantitative estimate of drug-likeness (QED) is 0.356. The molecule has 0 radical (unpaired) electrons. The van der Waals surface area contributed by atoms with Crippen molar-refractivity contribution >= 4 is 17.4 Å². The molecule has 3 N–H and O–H groups in total. The molecule has 27 heavy (non-hydrogen) atoms. The van der Waals surface area contributed by atoms with Gasteiger partial charge in [-0.05, 0) is 30.7 Å². The fraction of sp³-hybridized carbons (Fsp3) is 0.222. The zero-order chi connectivity index (χ0) is 20.0. The van der Waals surface area contributed by atoms with Crippen LogP contribution in [0.2, 0.25) is 0 Å². The lowest BCUT2D eigenvalue weighted by molar-refractivity contribution is -0.137. The van der Waals surface area contributed by atoms with Crippen molar-refractivity contribution in [3.63, 3.8) is 0 Å². The third-order valence-electron chi connectivity index (χ3n) is 3.61. The average Bonchev–Trinajstić information content (AvgIpc) is 2.62. The lowest BCUT2D eigenvalue weighted by Crippen LogP contribution is -2.37. The SMILES string of the molecule is CC(=NOCc1ccccc1NC(=O)N(C)N)c1cccc(C(F)(F)F)c1. The van der Waals surface area contributed by atoms with Crippen LogP contribution in [0.25, 0.3) is 0 Å². The molecule has 0 heterocycles. The van der Waals surface area contributed by atoms with Crippen molar-refractivity contribution < 1.29 is 22.8 Å². The van der Waals surface area contributed by atoms with Crippen molar-refractivity contribution in [2.24, 2.45) is 11.0 Å². The van der Waals surface area contributed by atoms with Crippen LogP contribution < -0.4 is 11.2 Å². The number of amides is 2. The number of rotatable bonds is 5. The summed E-state index contributed by atoms with van der Waals surface area (Å²) in [6.45, 7) is 1.56. The second-order valence-corrected chi connectivity index (χ2v) is 5.73. The van der Waals surface area contributed by atoms with Crippen molar-refractivity contribution in [2.45, 2.75) is 19.7 Å². The molecule has 0 atom stereocenters. The number of para-hydroxylation sites is 1. The van der Waals surface area contributed by atoms with E-state index in [1.807, 2.05) is 0 Å². The molecule has 2 aromatic rings. The van der Waals surface area contributed by atoms with Gasteiger partial charge in [-0.25, -0.2) is 10.6 Å². The molecule has 0 fully saturated rings. The molecular formula is C18H19F3N4O2. The number of oxime groups is 1. The molecule has 0 aliphatic carbocycles. The van der Waals surface area contributed by atoms with E-state index in [4.69, 9.17) is 10.7 Å². The van der Waals surface area contributed by atoms with E-state index in [0.29, 0.717) is 22.5 Å². The fourth-order valence-corrected chi connectivity index (χ4v) is 2.14. The van der Waals surface area contributed by atoms with Gasteiger partial charge in [-0.15, -0.1) is 0 Å². The molecule has 2 amide bonds. The predicted molar refractivity (Wildman–Crippen MR) is 95.9 cm³/mol. The summed E-state index contributed by atoms with van der Waals surface area (Å²) in [6.07, 6.45) is -4.43. The first-order chi connectivity index (χ1) is 12.7. The number of halogens is 3. The average molecular weight is 380 g/mol. The Morgan fingerprint density at radius 2 is 1.93 bits per heavy atom. The molecule has 0 saturated heterocycles. The molecule has 0 aromatic heterocycles. The minimum absolute atomic E-state index is 0.0149. The van der Waals surface area contributed by atoms with Crippen LogP contribution in [0.1, 0.15) is 23.6 Å². The number of hydrogen-bond donors (Lipinski definition) is 2. The van der Waals surface area contributed by atoms with Gasteiger partial charge in [0.05, 0.1) is 11.3 Å². The number of benzene rings is 2. The summed E-state index contributed by atoms with van der Waals surface area (Å²) in [5.74, 6) is 5.37. The summed E-state index contributed by atoms with van der Waals surface area (Å²) in [6, 6.07) is 11.2. The molecule has 6 nitrogen and oxygen atoms in total.